The van der Waals surface area contributed by atoms with Gasteiger partial charge in [0.1, 0.15) is 0 Å². The molecule has 0 aliphatic carbocycles. The third-order valence-corrected chi connectivity index (χ3v) is 8.55. The molecule has 0 saturated carbocycles. The molecule has 30 heteroatoms. The molecule has 0 radical (unpaired) electrons. The van der Waals surface area contributed by atoms with Crippen LogP contribution in [0.25, 0.3) is 0 Å². The highest BCUT2D eigenvalue weighted by molar-refractivity contribution is 7.46. The second-order valence-electron chi connectivity index (χ2n) is 7.73. The van der Waals surface area contributed by atoms with E-state index in [0.29, 0.717) is 0 Å². The van der Waals surface area contributed by atoms with E-state index in [0.717, 1.165) is 5.54 Å². The van der Waals surface area contributed by atoms with Gasteiger partial charge in [-0.3, -0.25) is 22.8 Å². The molecule has 0 saturated heterocycles. The van der Waals surface area contributed by atoms with Gasteiger partial charge < -0.3 is 75.2 Å². The van der Waals surface area contributed by atoms with Gasteiger partial charge in [-0.2, -0.15) is 11.1 Å². The Morgan fingerprint density at radius 1 is 0.522 bits per heavy atom. The Hall–Kier alpha value is 0.290. The predicted molar refractivity (Wildman–Crippen MR) is 140 cm³/mol. The first-order valence-electron chi connectivity index (χ1n) is 11.6. The van der Waals surface area contributed by atoms with Crippen LogP contribution in [0.15, 0.2) is 0 Å². The van der Waals surface area contributed by atoms with Crippen LogP contribution in [-0.2, 0) is 63.5 Å². The fraction of sp³-hybridized carbons (Fsp3) is 1.00. The van der Waals surface area contributed by atoms with E-state index >= 15 is 0 Å². The van der Waals surface area contributed by atoms with Gasteiger partial charge in [-0.1, -0.05) is 14.9 Å². The molecule has 0 aliphatic rings. The van der Waals surface area contributed by atoms with Crippen LogP contribution in [0.3, 0.4) is 0 Å². The van der Waals surface area contributed by atoms with Crippen molar-refractivity contribution in [3.05, 3.63) is 0 Å². The van der Waals surface area contributed by atoms with Crippen LogP contribution in [0.1, 0.15) is 14.9 Å². The summed E-state index contributed by atoms with van der Waals surface area (Å²) in [5.74, 6) is -2.17. The standard InChI is InChI=1S/C14H35F2N2O21P5.2CH4/c15-17-7-13(9-19)10-38-43(27,28)35-5-3-33-41(23,24)31-1-2-32-42(25,26)34-4-6-36-44(29,30)39-12-14(8-18-16)11-37-40(20,21)22;;/h13-14,17-19H,1-12H2,(H,23,24)(H,25,26)(H,27,28)(H,29,30)(H2,20,21,22);2*1H4/p-5. The predicted octanol–water partition coefficient (Wildman–Crippen LogP) is -2.08. The van der Waals surface area contributed by atoms with Gasteiger partial charge in [-0.15, -0.1) is 8.96 Å². The Morgan fingerprint density at radius 2 is 0.783 bits per heavy atom. The van der Waals surface area contributed by atoms with Gasteiger partial charge in [0.2, 0.25) is 0 Å². The monoisotopic (exact) mass is 787 g/mol. The molecule has 282 valence electrons. The quantitative estimate of drug-likeness (QED) is 0.0359. The summed E-state index contributed by atoms with van der Waals surface area (Å²) in [4.78, 5) is 65.6. The molecule has 0 aromatic heterocycles. The van der Waals surface area contributed by atoms with Gasteiger partial charge in [0.15, 0.2) is 0 Å². The van der Waals surface area contributed by atoms with Crippen molar-refractivity contribution in [2.45, 2.75) is 14.9 Å². The van der Waals surface area contributed by atoms with E-state index < -0.39 is 130 Å². The lowest BCUT2D eigenvalue weighted by Crippen LogP contribution is -2.27. The molecule has 4 N–H and O–H groups in total. The van der Waals surface area contributed by atoms with Gasteiger partial charge in [0, 0.05) is 31.5 Å². The molecule has 0 heterocycles. The molecule has 46 heavy (non-hydrogen) atoms. The molecule has 7 unspecified atom stereocenters. The molecule has 23 nitrogen and oxygen atoms in total. The number of aliphatic hydroxyl groups is 1. The number of nitrogens with one attached hydrogen (secondary N) is 2. The number of halogens is 2. The van der Waals surface area contributed by atoms with Crippen LogP contribution in [0.5, 0.6) is 0 Å². The van der Waals surface area contributed by atoms with Crippen molar-refractivity contribution < 1.29 is 107 Å². The maximum absolute atomic E-state index is 12.3. The van der Waals surface area contributed by atoms with Gasteiger partial charge in [-0.05, 0) is 0 Å². The average Bonchev–Trinajstić information content (AvgIpc) is 2.91. The van der Waals surface area contributed by atoms with Gasteiger partial charge in [-0.25, -0.2) is 0 Å². The summed E-state index contributed by atoms with van der Waals surface area (Å²) < 4.78 is 120. The zero-order valence-corrected chi connectivity index (χ0v) is 26.8. The van der Waals surface area contributed by atoms with Crippen LogP contribution < -0.4 is 35.5 Å². The smallest absolute Gasteiger partial charge is 0.268 e. The van der Waals surface area contributed by atoms with E-state index in [1.807, 2.05) is 0 Å². The van der Waals surface area contributed by atoms with Crippen molar-refractivity contribution in [2.24, 2.45) is 11.8 Å². The van der Waals surface area contributed by atoms with Crippen LogP contribution in [-0.4, -0.2) is 89.2 Å². The number of rotatable bonds is 29. The van der Waals surface area contributed by atoms with E-state index in [-0.39, 0.29) is 14.9 Å². The molecule has 0 aliphatic heterocycles. The minimum absolute atomic E-state index is 0. The maximum Gasteiger partial charge on any atom is 0.268 e. The first-order valence-corrected chi connectivity index (χ1v) is 19.0. The zero-order chi connectivity index (χ0) is 33.9. The van der Waals surface area contributed by atoms with Crippen LogP contribution >= 0.6 is 39.1 Å². The fourth-order valence-corrected chi connectivity index (χ4v) is 5.47. The number of hydrogen-bond acceptors (Lipinski definition) is 22. The van der Waals surface area contributed by atoms with Crippen LogP contribution in [0.4, 0.5) is 8.96 Å². The van der Waals surface area contributed by atoms with Crippen molar-refractivity contribution in [3.8, 4) is 0 Å². The minimum Gasteiger partial charge on any atom is -0.756 e. The third-order valence-electron chi connectivity index (χ3n) is 4.15. The van der Waals surface area contributed by atoms with Crippen molar-refractivity contribution in [2.75, 3.05) is 79.2 Å². The SMILES string of the molecule is C.C.O=P([O-])(O)OCC(CNF)COP(=O)([O-])OCCOP(=O)([O-])OCCOP(=O)([O-])OCCOP(=O)([O-])OCC(CO)CNF. The fourth-order valence-electron chi connectivity index (χ4n) is 2.20. The normalized spacial score (nSPS) is 19.6. The largest absolute Gasteiger partial charge is 0.756 e. The molecule has 7 atom stereocenters. The van der Waals surface area contributed by atoms with Crippen LogP contribution in [0.2, 0.25) is 0 Å². The lowest BCUT2D eigenvalue weighted by atomic mass is 10.2. The van der Waals surface area contributed by atoms with E-state index in [9.17, 15) is 56.3 Å². The molecule has 0 bridgehead atoms. The van der Waals surface area contributed by atoms with E-state index in [2.05, 4.69) is 40.7 Å². The molecule has 0 rings (SSSR count). The molecule has 0 fully saturated rings. The Bertz CT molecular complexity index is 1040. The number of aliphatic hydroxyl groups excluding tert-OH is 1. The van der Waals surface area contributed by atoms with E-state index in [1.165, 1.54) is 5.54 Å². The van der Waals surface area contributed by atoms with Gasteiger partial charge >= 0.3 is 0 Å². The lowest BCUT2D eigenvalue weighted by molar-refractivity contribution is -0.237. The first kappa shape index (κ1) is 50.7. The van der Waals surface area contributed by atoms with Gasteiger partial charge in [0.05, 0.1) is 59.5 Å². The summed E-state index contributed by atoms with van der Waals surface area (Å²) in [5, 5.41) is 8.91. The number of phosphoric ester groups is 5. The Balaban J connectivity index is -0.00000924. The van der Waals surface area contributed by atoms with E-state index in [4.69, 9.17) is 10.00 Å². The molecule has 0 aromatic rings. The Labute approximate surface area is 263 Å². The topological polar surface area (TPSA) is 348 Å². The van der Waals surface area contributed by atoms with Crippen molar-refractivity contribution in [1.29, 1.82) is 0 Å². The number of hydrogen-bond donors (Lipinski definition) is 4. The second kappa shape index (κ2) is 25.3. The highest BCUT2D eigenvalue weighted by Crippen LogP contribution is 2.43. The molecular weight excluding hydrogens is 749 g/mol. The summed E-state index contributed by atoms with van der Waals surface area (Å²) in [6.45, 7) is -9.63. The van der Waals surface area contributed by atoms with Crippen LogP contribution in [0, 0.1) is 11.8 Å². The third kappa shape index (κ3) is 29.2. The lowest BCUT2D eigenvalue weighted by Gasteiger charge is -2.27. The van der Waals surface area contributed by atoms with Crippen molar-refractivity contribution >= 4 is 39.1 Å². The molecule has 0 spiro atoms. The summed E-state index contributed by atoms with van der Waals surface area (Å²) in [6.07, 6.45) is 0. The Morgan fingerprint density at radius 3 is 1.07 bits per heavy atom. The summed E-state index contributed by atoms with van der Waals surface area (Å²) in [6, 6.07) is 0. The first-order chi connectivity index (χ1) is 20.3. The summed E-state index contributed by atoms with van der Waals surface area (Å²) in [7, 11) is -25.6. The molecular formula is C16H38F2N2O21P5-5. The highest BCUT2D eigenvalue weighted by Gasteiger charge is 2.19. The second-order valence-corrected chi connectivity index (χ2v) is 14.6. The average molecular weight is 787 g/mol. The highest BCUT2D eigenvalue weighted by atomic mass is 31.2. The van der Waals surface area contributed by atoms with E-state index in [1.54, 1.807) is 0 Å². The van der Waals surface area contributed by atoms with Gasteiger partial charge in [0.25, 0.3) is 39.1 Å². The molecule has 0 amide bonds. The molecule has 0 aromatic carbocycles. The Kier molecular flexibility index (Phi) is 27.8. The summed E-state index contributed by atoms with van der Waals surface area (Å²) in [5.41, 5.74) is 2.31. The van der Waals surface area contributed by atoms with Crippen molar-refractivity contribution in [3.63, 3.8) is 0 Å². The maximum atomic E-state index is 12.3. The number of phosphoric acid groups is 5. The zero-order valence-electron chi connectivity index (χ0n) is 22.3. The van der Waals surface area contributed by atoms with Crippen molar-refractivity contribution in [1.82, 2.24) is 11.1 Å². The summed E-state index contributed by atoms with van der Waals surface area (Å²) >= 11 is 0. The minimum atomic E-state index is -5.19.